The third kappa shape index (κ3) is 6.80. The van der Waals surface area contributed by atoms with Gasteiger partial charge >= 0.3 is 0 Å². The Morgan fingerprint density at radius 2 is 2.02 bits per heavy atom. The number of nitrogens with zero attached hydrogens (tertiary/aromatic N) is 6. The number of nitriles is 1. The Labute approximate surface area is 263 Å². The quantitative estimate of drug-likeness (QED) is 0.141. The van der Waals surface area contributed by atoms with Crippen molar-refractivity contribution in [2.45, 2.75) is 38.3 Å². The van der Waals surface area contributed by atoms with Gasteiger partial charge in [0.1, 0.15) is 41.0 Å². The molecular formula is C32H33F3N8O3. The van der Waals surface area contributed by atoms with E-state index in [1.165, 1.54) is 30.6 Å². The summed E-state index contributed by atoms with van der Waals surface area (Å²) in [5, 5.41) is 18.1. The maximum Gasteiger partial charge on any atom is 0.264 e. The Bertz CT molecular complexity index is 1840. The van der Waals surface area contributed by atoms with Gasteiger partial charge in [-0.2, -0.15) is 14.8 Å². The van der Waals surface area contributed by atoms with E-state index in [0.717, 1.165) is 12.1 Å². The lowest BCUT2D eigenvalue weighted by molar-refractivity contribution is -0.128. The Hall–Kier alpha value is -5.00. The summed E-state index contributed by atoms with van der Waals surface area (Å²) in [5.74, 6) is -3.82. The van der Waals surface area contributed by atoms with Crippen molar-refractivity contribution in [3.05, 3.63) is 71.8 Å². The Balaban J connectivity index is 1.44. The summed E-state index contributed by atoms with van der Waals surface area (Å²) < 4.78 is 55.4. The molecule has 3 heterocycles. The zero-order valence-electron chi connectivity index (χ0n) is 25.6. The number of nitrogens with two attached hydrogens (primary N) is 1. The van der Waals surface area contributed by atoms with Gasteiger partial charge in [-0.1, -0.05) is 6.07 Å². The standard InChI is InChI=1S/C32H33F3N8O3/c1-32(2,40-11-13-45-3)15-19(16-36)31(44)42-12-5-6-20(17-42)43-30-26(29(37)38-18-39-30)28(41-43)22-10-9-21(14-24(22)34)46-25-8-4-7-23(33)27(25)35/h4,7-10,14-15,18,20,40H,5-6,11-13,17H2,1-3H3,(H2,37,38,39)/t20-/m0/s1. The van der Waals surface area contributed by atoms with E-state index >= 15 is 4.39 Å². The van der Waals surface area contributed by atoms with Gasteiger partial charge in [0, 0.05) is 43.9 Å². The lowest BCUT2D eigenvalue weighted by Gasteiger charge is -2.33. The number of fused-ring (bicyclic) bond motifs is 1. The number of halogens is 3. The van der Waals surface area contributed by atoms with Crippen LogP contribution in [-0.4, -0.2) is 69.4 Å². The molecule has 0 unspecified atom stereocenters. The van der Waals surface area contributed by atoms with Crippen LogP contribution in [0.3, 0.4) is 0 Å². The van der Waals surface area contributed by atoms with E-state index in [1.54, 1.807) is 22.8 Å². The molecule has 3 N–H and O–H groups in total. The largest absolute Gasteiger partial charge is 0.454 e. The highest BCUT2D eigenvalue weighted by Gasteiger charge is 2.31. The fourth-order valence-electron chi connectivity index (χ4n) is 5.42. The number of piperidine rings is 1. The second kappa shape index (κ2) is 13.6. The number of likely N-dealkylation sites (tertiary alicyclic amines) is 1. The highest BCUT2D eigenvalue weighted by atomic mass is 19.2. The number of carbonyl (C=O) groups excluding carboxylic acids is 1. The molecule has 1 fully saturated rings. The van der Waals surface area contributed by atoms with Crippen molar-refractivity contribution < 1.29 is 27.4 Å². The minimum absolute atomic E-state index is 0.00986. The SMILES string of the molecule is COCCNC(C)(C)C=C(C#N)C(=O)N1CCC[C@H](n2nc(-c3ccc(Oc4cccc(F)c4F)cc3F)c3c(N)ncnc32)C1. The van der Waals surface area contributed by atoms with Crippen LogP contribution in [0.5, 0.6) is 11.5 Å². The molecule has 0 radical (unpaired) electrons. The third-order valence-corrected chi connectivity index (χ3v) is 7.63. The van der Waals surface area contributed by atoms with Crippen molar-refractivity contribution in [1.82, 2.24) is 30.0 Å². The molecule has 2 aromatic heterocycles. The molecule has 5 rings (SSSR count). The van der Waals surface area contributed by atoms with Crippen LogP contribution in [-0.2, 0) is 9.53 Å². The first-order valence-electron chi connectivity index (χ1n) is 14.6. The van der Waals surface area contributed by atoms with Crippen molar-refractivity contribution in [3.8, 4) is 28.8 Å². The number of rotatable bonds is 10. The van der Waals surface area contributed by atoms with E-state index < -0.39 is 34.6 Å². The fraction of sp³-hybridized carbons (Fsp3) is 0.344. The molecule has 14 heteroatoms. The minimum Gasteiger partial charge on any atom is -0.454 e. The highest BCUT2D eigenvalue weighted by molar-refractivity contribution is 5.99. The minimum atomic E-state index is -1.19. The first-order chi connectivity index (χ1) is 22.0. The number of hydrogen-bond donors (Lipinski definition) is 2. The molecule has 240 valence electrons. The van der Waals surface area contributed by atoms with Crippen LogP contribution in [0.4, 0.5) is 19.0 Å². The van der Waals surface area contributed by atoms with E-state index in [4.69, 9.17) is 20.3 Å². The van der Waals surface area contributed by atoms with E-state index in [9.17, 15) is 18.8 Å². The van der Waals surface area contributed by atoms with E-state index in [-0.39, 0.29) is 41.0 Å². The molecule has 2 aromatic carbocycles. The van der Waals surface area contributed by atoms with E-state index in [1.807, 2.05) is 19.9 Å². The molecule has 0 aliphatic carbocycles. The van der Waals surface area contributed by atoms with Crippen molar-refractivity contribution in [2.75, 3.05) is 39.1 Å². The van der Waals surface area contributed by atoms with Gasteiger partial charge in [0.05, 0.1) is 18.0 Å². The topological polar surface area (TPSA) is 144 Å². The summed E-state index contributed by atoms with van der Waals surface area (Å²) in [5.41, 5.74) is 6.18. The van der Waals surface area contributed by atoms with Gasteiger partial charge < -0.3 is 25.4 Å². The maximum absolute atomic E-state index is 15.6. The van der Waals surface area contributed by atoms with Gasteiger partial charge in [-0.15, -0.1) is 0 Å². The lowest BCUT2D eigenvalue weighted by Crippen LogP contribution is -2.43. The van der Waals surface area contributed by atoms with Crippen LogP contribution in [0.15, 0.2) is 54.4 Å². The van der Waals surface area contributed by atoms with Crippen LogP contribution in [0.1, 0.15) is 32.7 Å². The predicted molar refractivity (Wildman–Crippen MR) is 164 cm³/mol. The number of anilines is 1. The molecule has 4 aromatic rings. The monoisotopic (exact) mass is 634 g/mol. The molecule has 1 amide bonds. The van der Waals surface area contributed by atoms with Gasteiger partial charge in [0.2, 0.25) is 5.82 Å². The van der Waals surface area contributed by atoms with Crippen LogP contribution in [0, 0.1) is 28.8 Å². The summed E-state index contributed by atoms with van der Waals surface area (Å²) in [4.78, 5) is 23.6. The molecule has 1 aliphatic rings. The van der Waals surface area contributed by atoms with Gasteiger partial charge in [0.15, 0.2) is 17.2 Å². The van der Waals surface area contributed by atoms with Crippen LogP contribution < -0.4 is 15.8 Å². The van der Waals surface area contributed by atoms with Crippen LogP contribution in [0.2, 0.25) is 0 Å². The number of aromatic nitrogens is 4. The molecular weight excluding hydrogens is 601 g/mol. The van der Waals surface area contributed by atoms with Crippen molar-refractivity contribution >= 4 is 22.8 Å². The fourth-order valence-corrected chi connectivity index (χ4v) is 5.42. The number of methoxy groups -OCH3 is 1. The molecule has 0 bridgehead atoms. The van der Waals surface area contributed by atoms with Gasteiger partial charge in [-0.05, 0) is 57.0 Å². The second-order valence-electron chi connectivity index (χ2n) is 11.4. The van der Waals surface area contributed by atoms with E-state index in [0.29, 0.717) is 43.6 Å². The first kappa shape index (κ1) is 32.4. The number of nitrogen functional groups attached to an aromatic ring is 1. The van der Waals surface area contributed by atoms with Crippen molar-refractivity contribution in [2.24, 2.45) is 0 Å². The summed E-state index contributed by atoms with van der Waals surface area (Å²) in [6.07, 6.45) is 4.15. The number of amides is 1. The molecule has 1 aliphatic heterocycles. The highest BCUT2D eigenvalue weighted by Crippen LogP contribution is 2.37. The smallest absolute Gasteiger partial charge is 0.264 e. The molecule has 11 nitrogen and oxygen atoms in total. The Morgan fingerprint density at radius 3 is 2.76 bits per heavy atom. The number of nitrogens with one attached hydrogen (secondary N) is 1. The van der Waals surface area contributed by atoms with Gasteiger partial charge in [-0.25, -0.2) is 23.4 Å². The molecule has 0 spiro atoms. The van der Waals surface area contributed by atoms with E-state index in [2.05, 4.69) is 15.3 Å². The normalized spacial score (nSPS) is 15.6. The second-order valence-corrected chi connectivity index (χ2v) is 11.4. The average Bonchev–Trinajstić information content (AvgIpc) is 3.43. The summed E-state index contributed by atoms with van der Waals surface area (Å²) >= 11 is 0. The number of carbonyl (C=O) groups is 1. The molecule has 0 saturated carbocycles. The number of ether oxygens (including phenoxy) is 2. The summed E-state index contributed by atoms with van der Waals surface area (Å²) in [6.45, 7) is 5.42. The average molecular weight is 635 g/mol. The summed E-state index contributed by atoms with van der Waals surface area (Å²) in [7, 11) is 1.59. The van der Waals surface area contributed by atoms with Crippen LogP contribution >= 0.6 is 0 Å². The van der Waals surface area contributed by atoms with Crippen LogP contribution in [0.25, 0.3) is 22.3 Å². The maximum atomic E-state index is 15.6. The third-order valence-electron chi connectivity index (χ3n) is 7.63. The lowest BCUT2D eigenvalue weighted by atomic mass is 9.99. The first-order valence-corrected chi connectivity index (χ1v) is 14.6. The van der Waals surface area contributed by atoms with Crippen molar-refractivity contribution in [1.29, 1.82) is 5.26 Å². The zero-order chi connectivity index (χ0) is 33.0. The molecule has 1 atom stereocenters. The number of hydrogen-bond acceptors (Lipinski definition) is 9. The van der Waals surface area contributed by atoms with Gasteiger partial charge in [0.25, 0.3) is 5.91 Å². The predicted octanol–water partition coefficient (Wildman–Crippen LogP) is 4.91. The molecule has 46 heavy (non-hydrogen) atoms. The van der Waals surface area contributed by atoms with Gasteiger partial charge in [-0.3, -0.25) is 4.79 Å². The molecule has 1 saturated heterocycles. The number of benzene rings is 2. The Kier molecular flexibility index (Phi) is 9.54. The van der Waals surface area contributed by atoms with Crippen molar-refractivity contribution in [3.63, 3.8) is 0 Å². The summed E-state index contributed by atoms with van der Waals surface area (Å²) in [6, 6.07) is 8.96. The Morgan fingerprint density at radius 1 is 1.22 bits per heavy atom. The zero-order valence-corrected chi connectivity index (χ0v) is 25.6.